The quantitative estimate of drug-likeness (QED) is 0.531. The Labute approximate surface area is 190 Å². The second-order valence-corrected chi connectivity index (χ2v) is 15.5. The Bertz CT molecular complexity index is 803. The van der Waals surface area contributed by atoms with Crippen LogP contribution in [0.15, 0.2) is 59.2 Å². The third-order valence-electron chi connectivity index (χ3n) is 5.18. The zero-order chi connectivity index (χ0) is 17.6. The van der Waals surface area contributed by atoms with E-state index in [4.69, 9.17) is 0 Å². The SMILES string of the molecule is CP(C)C1=Cc2ccccc2[CH]1[Zr+2][CH]1C(P(C)C)=Cc2ccccc21.[Cl-].[Cl-]. The molecule has 140 valence electrons. The fourth-order valence-corrected chi connectivity index (χ4v) is 14.9. The molecular weight excluding hydrogens is 488 g/mol. The summed E-state index contributed by atoms with van der Waals surface area (Å²) in [6.07, 6.45) is 5.05. The molecule has 2 aromatic rings. The van der Waals surface area contributed by atoms with Gasteiger partial charge in [0.25, 0.3) is 0 Å². The minimum absolute atomic E-state index is 0. The van der Waals surface area contributed by atoms with E-state index in [-0.39, 0.29) is 40.7 Å². The van der Waals surface area contributed by atoms with Crippen molar-refractivity contribution in [2.75, 3.05) is 26.7 Å². The number of halogens is 2. The average molecular weight is 513 g/mol. The van der Waals surface area contributed by atoms with Gasteiger partial charge in [0.15, 0.2) is 0 Å². The number of allylic oxidation sites excluding steroid dienone is 2. The summed E-state index contributed by atoms with van der Waals surface area (Å²) in [5.41, 5.74) is 6.24. The third-order valence-corrected chi connectivity index (χ3v) is 13.9. The molecule has 2 aliphatic rings. The molecule has 4 rings (SSSR count). The van der Waals surface area contributed by atoms with Crippen molar-refractivity contribution in [1.82, 2.24) is 0 Å². The van der Waals surface area contributed by atoms with Crippen LogP contribution >= 0.6 is 15.8 Å². The standard InChI is InChI=1S/2C11H12P.2ClH.Zr/c2*1-12(2)11-7-9-5-3-4-6-10(9)8-11;;;/h2*3-8H,1-2H3;2*1H;/q;;;;+2/p-2. The molecule has 0 heterocycles. The van der Waals surface area contributed by atoms with Crippen LogP contribution in [0.1, 0.15) is 29.5 Å². The Morgan fingerprint density at radius 1 is 0.630 bits per heavy atom. The van der Waals surface area contributed by atoms with Gasteiger partial charge >= 0.3 is 167 Å². The normalized spacial score (nSPS) is 19.5. The number of hydrogen-bond acceptors (Lipinski definition) is 0. The smallest absolute Gasteiger partial charge is 1.00 e. The zero-order valence-electron chi connectivity index (χ0n) is 16.1. The molecule has 0 saturated carbocycles. The van der Waals surface area contributed by atoms with E-state index in [0.717, 1.165) is 7.25 Å². The summed E-state index contributed by atoms with van der Waals surface area (Å²) in [6, 6.07) is 18.3. The van der Waals surface area contributed by atoms with Crippen LogP contribution in [-0.4, -0.2) is 26.7 Å². The van der Waals surface area contributed by atoms with Gasteiger partial charge in [-0.3, -0.25) is 0 Å². The molecule has 0 fully saturated rings. The first-order valence-corrected chi connectivity index (χ1v) is 16.1. The maximum Gasteiger partial charge on any atom is -1.00 e. The van der Waals surface area contributed by atoms with Crippen molar-refractivity contribution in [3.05, 3.63) is 81.4 Å². The monoisotopic (exact) mass is 510 g/mol. The van der Waals surface area contributed by atoms with Gasteiger partial charge in [-0.25, -0.2) is 0 Å². The molecule has 2 unspecified atom stereocenters. The first-order chi connectivity index (χ1) is 12.1. The number of fused-ring (bicyclic) bond motifs is 2. The van der Waals surface area contributed by atoms with Gasteiger partial charge in [-0.2, -0.15) is 0 Å². The molecule has 0 radical (unpaired) electrons. The van der Waals surface area contributed by atoms with Crippen molar-refractivity contribution in [2.45, 2.75) is 7.25 Å². The Morgan fingerprint density at radius 3 is 1.37 bits per heavy atom. The molecule has 27 heavy (non-hydrogen) atoms. The topological polar surface area (TPSA) is 0 Å². The van der Waals surface area contributed by atoms with Gasteiger partial charge in [-0.05, 0) is 0 Å². The molecule has 2 aliphatic carbocycles. The van der Waals surface area contributed by atoms with Gasteiger partial charge in [0.05, 0.1) is 0 Å². The molecular formula is C22H24Cl2P2Zr. The van der Waals surface area contributed by atoms with Crippen molar-refractivity contribution in [3.63, 3.8) is 0 Å². The summed E-state index contributed by atoms with van der Waals surface area (Å²) in [6.45, 7) is 9.74. The Balaban J connectivity index is 0.00000131. The van der Waals surface area contributed by atoms with Crippen LogP contribution in [0.5, 0.6) is 0 Å². The van der Waals surface area contributed by atoms with Crippen LogP contribution in [0.4, 0.5) is 0 Å². The minimum atomic E-state index is -0.689. The molecule has 0 nitrogen and oxygen atoms in total. The molecule has 0 bridgehead atoms. The third kappa shape index (κ3) is 4.55. The predicted octanol–water partition coefficient (Wildman–Crippen LogP) is 0.752. The van der Waals surface area contributed by atoms with Gasteiger partial charge < -0.3 is 24.8 Å². The minimum Gasteiger partial charge on any atom is -1.00 e. The van der Waals surface area contributed by atoms with Crippen molar-refractivity contribution in [3.8, 4) is 0 Å². The van der Waals surface area contributed by atoms with E-state index in [1.165, 1.54) is 11.1 Å². The second-order valence-electron chi connectivity index (χ2n) is 7.22. The van der Waals surface area contributed by atoms with E-state index in [9.17, 15) is 0 Å². The van der Waals surface area contributed by atoms with Gasteiger partial charge in [0.1, 0.15) is 0 Å². The Kier molecular flexibility index (Phi) is 8.56. The van der Waals surface area contributed by atoms with E-state index in [2.05, 4.69) is 87.3 Å². The molecule has 2 aromatic carbocycles. The molecule has 0 spiro atoms. The van der Waals surface area contributed by atoms with E-state index in [0.29, 0.717) is 0 Å². The van der Waals surface area contributed by atoms with Gasteiger partial charge in [0.2, 0.25) is 0 Å². The average Bonchev–Trinajstić information content (AvgIpc) is 3.15. The summed E-state index contributed by atoms with van der Waals surface area (Å²) in [5, 5.41) is 3.51. The van der Waals surface area contributed by atoms with Crippen LogP contribution in [-0.2, 0) is 23.2 Å². The van der Waals surface area contributed by atoms with Crippen LogP contribution in [0.25, 0.3) is 12.2 Å². The molecule has 0 saturated heterocycles. The molecule has 0 N–H and O–H groups in total. The van der Waals surface area contributed by atoms with Crippen molar-refractivity contribution >= 4 is 28.0 Å². The van der Waals surface area contributed by atoms with E-state index in [1.807, 2.05) is 0 Å². The summed E-state index contributed by atoms with van der Waals surface area (Å²) in [4.78, 5) is 0. The van der Waals surface area contributed by atoms with Crippen LogP contribution in [0, 0.1) is 0 Å². The number of hydrogen-bond donors (Lipinski definition) is 0. The van der Waals surface area contributed by atoms with Crippen LogP contribution < -0.4 is 24.8 Å². The fraction of sp³-hybridized carbons (Fsp3) is 0.273. The predicted molar refractivity (Wildman–Crippen MR) is 112 cm³/mol. The summed E-state index contributed by atoms with van der Waals surface area (Å²) in [5.74, 6) is 0. The molecule has 2 atom stereocenters. The number of rotatable bonds is 4. The Hall–Kier alpha value is 0.243. The van der Waals surface area contributed by atoms with Crippen molar-refractivity contribution in [1.29, 1.82) is 0 Å². The molecule has 0 amide bonds. The van der Waals surface area contributed by atoms with Crippen molar-refractivity contribution in [2.24, 2.45) is 0 Å². The molecule has 0 aromatic heterocycles. The fourth-order valence-electron chi connectivity index (χ4n) is 3.91. The Morgan fingerprint density at radius 2 is 1.00 bits per heavy atom. The van der Waals surface area contributed by atoms with Gasteiger partial charge in [0, 0.05) is 0 Å². The first-order valence-electron chi connectivity index (χ1n) is 8.78. The number of benzene rings is 2. The summed E-state index contributed by atoms with van der Waals surface area (Å²) >= 11 is -0.689. The van der Waals surface area contributed by atoms with E-state index in [1.54, 1.807) is 21.8 Å². The summed E-state index contributed by atoms with van der Waals surface area (Å²) < 4.78 is 1.52. The first kappa shape index (κ1) is 23.5. The van der Waals surface area contributed by atoms with E-state index < -0.39 is 23.2 Å². The maximum atomic E-state index is 2.53. The van der Waals surface area contributed by atoms with Gasteiger partial charge in [-0.1, -0.05) is 0 Å². The maximum absolute atomic E-state index is 2.53. The van der Waals surface area contributed by atoms with Crippen molar-refractivity contribution < 1.29 is 48.0 Å². The summed E-state index contributed by atoms with van der Waals surface area (Å²) in [7, 11) is -0.0298. The molecule has 5 heteroatoms. The second kappa shape index (κ2) is 9.83. The largest absolute Gasteiger partial charge is 1.00 e. The van der Waals surface area contributed by atoms with Crippen LogP contribution in [0.2, 0.25) is 0 Å². The zero-order valence-corrected chi connectivity index (χ0v) is 21.8. The van der Waals surface area contributed by atoms with Crippen LogP contribution in [0.3, 0.4) is 0 Å². The molecule has 0 aliphatic heterocycles. The van der Waals surface area contributed by atoms with E-state index >= 15 is 0 Å². The van der Waals surface area contributed by atoms with Gasteiger partial charge in [-0.15, -0.1) is 0 Å².